The van der Waals surface area contributed by atoms with Crippen molar-refractivity contribution in [1.29, 1.82) is 0 Å². The number of hydrogen-bond acceptors (Lipinski definition) is 14. The van der Waals surface area contributed by atoms with Crippen LogP contribution in [0.3, 0.4) is 0 Å². The Balaban J connectivity index is 1.54. The highest BCUT2D eigenvalue weighted by Crippen LogP contribution is 2.60. The summed E-state index contributed by atoms with van der Waals surface area (Å²) in [6.07, 6.45) is -8.59. The Morgan fingerprint density at radius 2 is 1.56 bits per heavy atom. The molecule has 9 atom stereocenters. The third-order valence-electron chi connectivity index (χ3n) is 8.59. The number of benzene rings is 2. The number of ether oxygens (including phenoxy) is 9. The number of carbonyl (C=O) groups is 1. The van der Waals surface area contributed by atoms with Crippen LogP contribution < -0.4 is 28.4 Å². The normalized spacial score (nSPS) is 32.5. The molecule has 3 aliphatic heterocycles. The second-order valence-corrected chi connectivity index (χ2v) is 10.7. The van der Waals surface area contributed by atoms with Gasteiger partial charge in [-0.25, -0.2) is 0 Å². The lowest BCUT2D eigenvalue weighted by atomic mass is 9.65. The lowest BCUT2D eigenvalue weighted by molar-refractivity contribution is -0.317. The number of rotatable bonds is 8. The summed E-state index contributed by atoms with van der Waals surface area (Å²) in [5.41, 5.74) is 1.73. The molecule has 0 spiro atoms. The van der Waals surface area contributed by atoms with Gasteiger partial charge in [0.15, 0.2) is 29.3 Å². The quantitative estimate of drug-likeness (QED) is 0.300. The minimum atomic E-state index is -1.68. The molecule has 2 aromatic carbocycles. The maximum Gasteiger partial charge on any atom is 0.310 e. The Bertz CT molecular complexity index is 1350. The molecule has 4 N–H and O–H groups in total. The first-order valence-electron chi connectivity index (χ1n) is 13.7. The van der Waals surface area contributed by atoms with E-state index < -0.39 is 67.1 Å². The van der Waals surface area contributed by atoms with Gasteiger partial charge in [0, 0.05) is 17.4 Å². The predicted molar refractivity (Wildman–Crippen MR) is 143 cm³/mol. The fraction of sp³-hybridized carbons (Fsp3) is 0.552. The topological polar surface area (TPSA) is 181 Å². The van der Waals surface area contributed by atoms with Crippen molar-refractivity contribution in [3.63, 3.8) is 0 Å². The van der Waals surface area contributed by atoms with Gasteiger partial charge in [-0.2, -0.15) is 0 Å². The first-order chi connectivity index (χ1) is 20.8. The van der Waals surface area contributed by atoms with Crippen LogP contribution in [-0.4, -0.2) is 106 Å². The summed E-state index contributed by atoms with van der Waals surface area (Å²) in [7, 11) is 5.94. The molecule has 0 radical (unpaired) electrons. The van der Waals surface area contributed by atoms with E-state index in [-0.39, 0.29) is 19.1 Å². The molecule has 0 aromatic heterocycles. The molecule has 4 aliphatic rings. The maximum atomic E-state index is 13.5. The van der Waals surface area contributed by atoms with Gasteiger partial charge in [0.1, 0.15) is 24.4 Å². The third-order valence-corrected chi connectivity index (χ3v) is 8.59. The lowest BCUT2D eigenvalue weighted by Crippen LogP contribution is -2.59. The standard InChI is InChI=1S/C29H34O14/c1-35-14-5-11(6-15(36-2)25(14)37-3)18-12-7-16-26(41-10-40-16)27(38-4)20(12)24(13-9-39-28(34)19(13)18)43-29-23(33)22(32)21(31)17(8-30)42-29/h5-7,13,17-19,21-24,29-33H,8-10H2,1-4H3/t13?,17-,18?,19?,21-,22+,23-,24?,29+/m1/s1. The zero-order valence-corrected chi connectivity index (χ0v) is 23.9. The molecule has 0 saturated carbocycles. The fourth-order valence-corrected chi connectivity index (χ4v) is 6.58. The molecule has 2 aromatic rings. The number of hydrogen-bond donors (Lipinski definition) is 4. The summed E-state index contributed by atoms with van der Waals surface area (Å²) >= 11 is 0. The number of methoxy groups -OCH3 is 4. The van der Waals surface area contributed by atoms with Crippen molar-refractivity contribution >= 4 is 5.97 Å². The number of esters is 1. The molecule has 6 rings (SSSR count). The van der Waals surface area contributed by atoms with Crippen molar-refractivity contribution in [2.75, 3.05) is 48.4 Å². The van der Waals surface area contributed by atoms with Gasteiger partial charge in [-0.3, -0.25) is 4.79 Å². The molecular weight excluding hydrogens is 572 g/mol. The number of aliphatic hydroxyl groups excluding tert-OH is 4. The first-order valence-corrected chi connectivity index (χ1v) is 13.7. The molecule has 4 unspecified atom stereocenters. The van der Waals surface area contributed by atoms with Gasteiger partial charge < -0.3 is 63.1 Å². The lowest BCUT2D eigenvalue weighted by Gasteiger charge is -2.44. The van der Waals surface area contributed by atoms with Crippen LogP contribution in [0.2, 0.25) is 0 Å². The molecule has 2 saturated heterocycles. The smallest absolute Gasteiger partial charge is 0.310 e. The van der Waals surface area contributed by atoms with Crippen molar-refractivity contribution < 1.29 is 67.9 Å². The fourth-order valence-electron chi connectivity index (χ4n) is 6.58. The zero-order valence-electron chi connectivity index (χ0n) is 23.9. The van der Waals surface area contributed by atoms with Crippen LogP contribution in [0.5, 0.6) is 34.5 Å². The Kier molecular flexibility index (Phi) is 7.91. The van der Waals surface area contributed by atoms with Gasteiger partial charge in [0.05, 0.1) is 53.7 Å². The average molecular weight is 607 g/mol. The van der Waals surface area contributed by atoms with Crippen molar-refractivity contribution in [2.24, 2.45) is 11.8 Å². The summed E-state index contributed by atoms with van der Waals surface area (Å²) in [4.78, 5) is 13.5. The van der Waals surface area contributed by atoms with E-state index in [2.05, 4.69) is 0 Å². The van der Waals surface area contributed by atoms with E-state index in [4.69, 9.17) is 42.6 Å². The molecule has 2 fully saturated rings. The Hall–Kier alpha value is -3.53. The van der Waals surface area contributed by atoms with Crippen molar-refractivity contribution in [3.05, 3.63) is 34.9 Å². The number of aliphatic hydroxyl groups is 4. The van der Waals surface area contributed by atoms with E-state index in [1.54, 1.807) is 18.2 Å². The minimum Gasteiger partial charge on any atom is -0.493 e. The number of carbonyl (C=O) groups excluding carboxylic acids is 1. The third kappa shape index (κ3) is 4.60. The zero-order chi connectivity index (χ0) is 30.6. The van der Waals surface area contributed by atoms with Gasteiger partial charge in [-0.15, -0.1) is 0 Å². The monoisotopic (exact) mass is 606 g/mol. The molecule has 3 heterocycles. The Labute approximate surface area is 246 Å². The van der Waals surface area contributed by atoms with E-state index in [0.717, 1.165) is 0 Å². The highest BCUT2D eigenvalue weighted by atomic mass is 16.7. The highest BCUT2D eigenvalue weighted by Gasteiger charge is 2.56. The van der Waals surface area contributed by atoms with Crippen molar-refractivity contribution in [1.82, 2.24) is 0 Å². The minimum absolute atomic E-state index is 0.0381. The van der Waals surface area contributed by atoms with Gasteiger partial charge in [-0.05, 0) is 29.3 Å². The summed E-state index contributed by atoms with van der Waals surface area (Å²) in [6.45, 7) is -0.731. The summed E-state index contributed by atoms with van der Waals surface area (Å²) in [5, 5.41) is 41.3. The first kappa shape index (κ1) is 29.5. The van der Waals surface area contributed by atoms with Crippen LogP contribution in [0, 0.1) is 11.8 Å². The molecule has 234 valence electrons. The van der Waals surface area contributed by atoms with E-state index in [1.807, 2.05) is 0 Å². The summed E-state index contributed by atoms with van der Waals surface area (Å²) in [6, 6.07) is 5.27. The SMILES string of the molecule is COc1cc(C2c3cc4c(c(OC)c3C(O[C@@H]3O[C@H](CO)[C@@H](O)[C@H](O)[C@H]3O)C3COC(=O)C23)OCO4)cc(OC)c1OC. The van der Waals surface area contributed by atoms with Crippen LogP contribution in [-0.2, 0) is 19.0 Å². The summed E-state index contributed by atoms with van der Waals surface area (Å²) < 4.78 is 51.7. The second kappa shape index (κ2) is 11.5. The van der Waals surface area contributed by atoms with Crippen molar-refractivity contribution in [3.8, 4) is 34.5 Å². The second-order valence-electron chi connectivity index (χ2n) is 10.7. The molecule has 14 heteroatoms. The molecule has 0 amide bonds. The van der Waals surface area contributed by atoms with Crippen LogP contribution in [0.25, 0.3) is 0 Å². The molecule has 0 bridgehead atoms. The molecule has 1 aliphatic carbocycles. The Morgan fingerprint density at radius 3 is 2.19 bits per heavy atom. The largest absolute Gasteiger partial charge is 0.493 e. The van der Waals surface area contributed by atoms with Crippen LogP contribution >= 0.6 is 0 Å². The van der Waals surface area contributed by atoms with E-state index in [1.165, 1.54) is 28.4 Å². The van der Waals surface area contributed by atoms with E-state index in [0.29, 0.717) is 45.4 Å². The molecular formula is C29H34O14. The number of fused-ring (bicyclic) bond motifs is 3. The number of cyclic esters (lactones) is 1. The summed E-state index contributed by atoms with van der Waals surface area (Å²) in [5.74, 6) is -0.392. The van der Waals surface area contributed by atoms with Crippen LogP contribution in [0.4, 0.5) is 0 Å². The van der Waals surface area contributed by atoms with Gasteiger partial charge in [-0.1, -0.05) is 0 Å². The molecule has 14 nitrogen and oxygen atoms in total. The average Bonchev–Trinajstić information content (AvgIpc) is 3.65. The van der Waals surface area contributed by atoms with Crippen LogP contribution in [0.15, 0.2) is 18.2 Å². The maximum absolute atomic E-state index is 13.5. The predicted octanol–water partition coefficient (Wildman–Crippen LogP) is 0.242. The highest BCUT2D eigenvalue weighted by molar-refractivity contribution is 5.79. The van der Waals surface area contributed by atoms with E-state index in [9.17, 15) is 25.2 Å². The van der Waals surface area contributed by atoms with Crippen LogP contribution in [0.1, 0.15) is 28.7 Å². The van der Waals surface area contributed by atoms with E-state index >= 15 is 0 Å². The van der Waals surface area contributed by atoms with Crippen molar-refractivity contribution in [2.45, 2.75) is 42.7 Å². The molecule has 43 heavy (non-hydrogen) atoms. The van der Waals surface area contributed by atoms with Gasteiger partial charge in [0.2, 0.25) is 18.3 Å². The van der Waals surface area contributed by atoms with Gasteiger partial charge in [0.25, 0.3) is 0 Å². The van der Waals surface area contributed by atoms with Gasteiger partial charge >= 0.3 is 5.97 Å². The Morgan fingerprint density at radius 1 is 0.860 bits per heavy atom.